The first-order valence-electron chi connectivity index (χ1n) is 7.33. The zero-order valence-electron chi connectivity index (χ0n) is 12.0. The van der Waals surface area contributed by atoms with Gasteiger partial charge in [-0.25, -0.2) is 4.79 Å². The highest BCUT2D eigenvalue weighted by Gasteiger charge is 2.17. The van der Waals surface area contributed by atoms with Crippen LogP contribution in [0.25, 0.3) is 0 Å². The van der Waals surface area contributed by atoms with Gasteiger partial charge in [0.2, 0.25) is 0 Å². The Bertz CT molecular complexity index is 433. The van der Waals surface area contributed by atoms with Crippen LogP contribution in [0.15, 0.2) is 24.3 Å². The molecule has 1 atom stereocenters. The van der Waals surface area contributed by atoms with Crippen LogP contribution >= 0.6 is 22.6 Å². The molecule has 1 saturated heterocycles. The first-order valence-corrected chi connectivity index (χ1v) is 8.41. The van der Waals surface area contributed by atoms with Gasteiger partial charge in [0.15, 0.2) is 0 Å². The Morgan fingerprint density at radius 2 is 2.10 bits per heavy atom. The number of hydrogen-bond donors (Lipinski definition) is 0. The number of piperidine rings is 1. The molecule has 0 spiro atoms. The van der Waals surface area contributed by atoms with E-state index in [1.807, 2.05) is 24.3 Å². The predicted octanol–water partition coefficient (Wildman–Crippen LogP) is 3.71. The molecule has 20 heavy (non-hydrogen) atoms. The van der Waals surface area contributed by atoms with Crippen molar-refractivity contribution in [2.45, 2.75) is 38.6 Å². The Labute approximate surface area is 134 Å². The van der Waals surface area contributed by atoms with Gasteiger partial charge in [-0.15, -0.1) is 0 Å². The fourth-order valence-electron chi connectivity index (χ4n) is 2.59. The number of halogens is 1. The number of hydrogen-bond acceptors (Lipinski definition) is 3. The summed E-state index contributed by atoms with van der Waals surface area (Å²) in [6, 6.07) is 8.16. The van der Waals surface area contributed by atoms with Crippen LogP contribution in [-0.4, -0.2) is 36.6 Å². The second-order valence-corrected chi connectivity index (χ2v) is 6.62. The maximum absolute atomic E-state index is 11.8. The standard InChI is InChI=1S/C16H22INO2/c1-13-5-2-3-10-18(13)11-4-12-20-16(19)14-6-8-15(17)9-7-14/h6-9,13H,2-5,10-12H2,1H3. The number of likely N-dealkylation sites (tertiary alicyclic amines) is 1. The van der Waals surface area contributed by atoms with Crippen LogP contribution in [0.2, 0.25) is 0 Å². The van der Waals surface area contributed by atoms with E-state index in [9.17, 15) is 4.79 Å². The molecule has 1 unspecified atom stereocenters. The molecule has 1 fully saturated rings. The number of rotatable bonds is 5. The van der Waals surface area contributed by atoms with Crippen molar-refractivity contribution in [3.05, 3.63) is 33.4 Å². The van der Waals surface area contributed by atoms with Crippen molar-refractivity contribution in [2.24, 2.45) is 0 Å². The highest BCUT2D eigenvalue weighted by molar-refractivity contribution is 14.1. The predicted molar refractivity (Wildman–Crippen MR) is 88.9 cm³/mol. The summed E-state index contributed by atoms with van der Waals surface area (Å²) in [5, 5.41) is 0. The molecule has 0 amide bonds. The van der Waals surface area contributed by atoms with Crippen LogP contribution < -0.4 is 0 Å². The quantitative estimate of drug-likeness (QED) is 0.438. The van der Waals surface area contributed by atoms with Gasteiger partial charge in [-0.05, 0) is 79.6 Å². The number of carbonyl (C=O) groups is 1. The van der Waals surface area contributed by atoms with Gasteiger partial charge >= 0.3 is 5.97 Å². The number of carbonyl (C=O) groups excluding carboxylic acids is 1. The summed E-state index contributed by atoms with van der Waals surface area (Å²) in [7, 11) is 0. The highest BCUT2D eigenvalue weighted by Crippen LogP contribution is 2.16. The molecule has 0 aliphatic carbocycles. The highest BCUT2D eigenvalue weighted by atomic mass is 127. The van der Waals surface area contributed by atoms with Gasteiger partial charge in [0.1, 0.15) is 0 Å². The topological polar surface area (TPSA) is 29.5 Å². The Kier molecular flexibility index (Phi) is 6.29. The molecule has 2 rings (SSSR count). The van der Waals surface area contributed by atoms with Crippen molar-refractivity contribution in [3.63, 3.8) is 0 Å². The summed E-state index contributed by atoms with van der Waals surface area (Å²) in [5.74, 6) is -0.215. The van der Waals surface area contributed by atoms with E-state index >= 15 is 0 Å². The van der Waals surface area contributed by atoms with Gasteiger partial charge in [-0.3, -0.25) is 0 Å². The van der Waals surface area contributed by atoms with E-state index in [-0.39, 0.29) is 5.97 Å². The third-order valence-corrected chi connectivity index (χ3v) is 4.56. The molecular weight excluding hydrogens is 365 g/mol. The van der Waals surface area contributed by atoms with Crippen LogP contribution in [-0.2, 0) is 4.74 Å². The van der Waals surface area contributed by atoms with Gasteiger partial charge in [0.05, 0.1) is 12.2 Å². The molecule has 1 aliphatic heterocycles. The largest absolute Gasteiger partial charge is 0.462 e. The molecule has 0 aromatic heterocycles. The Morgan fingerprint density at radius 1 is 1.35 bits per heavy atom. The summed E-state index contributed by atoms with van der Waals surface area (Å²) in [5.41, 5.74) is 0.636. The lowest BCUT2D eigenvalue weighted by Gasteiger charge is -2.33. The van der Waals surface area contributed by atoms with Crippen molar-refractivity contribution in [1.82, 2.24) is 4.90 Å². The Hall–Kier alpha value is -0.620. The summed E-state index contributed by atoms with van der Waals surface area (Å²) in [6.07, 6.45) is 4.86. The minimum Gasteiger partial charge on any atom is -0.462 e. The van der Waals surface area contributed by atoms with Crippen molar-refractivity contribution < 1.29 is 9.53 Å². The number of nitrogens with zero attached hydrogens (tertiary/aromatic N) is 1. The lowest BCUT2D eigenvalue weighted by atomic mass is 10.0. The Balaban J connectivity index is 1.67. The Morgan fingerprint density at radius 3 is 2.80 bits per heavy atom. The summed E-state index contributed by atoms with van der Waals surface area (Å²) in [4.78, 5) is 14.3. The van der Waals surface area contributed by atoms with Crippen LogP contribution in [0, 0.1) is 3.57 Å². The normalized spacial score (nSPS) is 19.8. The molecule has 110 valence electrons. The summed E-state index contributed by atoms with van der Waals surface area (Å²) >= 11 is 2.22. The van der Waals surface area contributed by atoms with E-state index in [4.69, 9.17) is 4.74 Å². The van der Waals surface area contributed by atoms with E-state index < -0.39 is 0 Å². The molecule has 0 N–H and O–H groups in total. The van der Waals surface area contributed by atoms with E-state index in [1.54, 1.807) is 0 Å². The van der Waals surface area contributed by atoms with Crippen LogP contribution in [0.1, 0.15) is 43.0 Å². The zero-order valence-corrected chi connectivity index (χ0v) is 14.1. The first-order chi connectivity index (χ1) is 9.66. The third-order valence-electron chi connectivity index (χ3n) is 3.84. The van der Waals surface area contributed by atoms with Crippen molar-refractivity contribution in [2.75, 3.05) is 19.7 Å². The summed E-state index contributed by atoms with van der Waals surface area (Å²) < 4.78 is 6.45. The van der Waals surface area contributed by atoms with Crippen molar-refractivity contribution in [1.29, 1.82) is 0 Å². The van der Waals surface area contributed by atoms with Crippen molar-refractivity contribution in [3.8, 4) is 0 Å². The molecule has 4 heteroatoms. The average molecular weight is 387 g/mol. The molecule has 0 saturated carbocycles. The fourth-order valence-corrected chi connectivity index (χ4v) is 2.95. The summed E-state index contributed by atoms with van der Waals surface area (Å²) in [6.45, 7) is 5.01. The number of ether oxygens (including phenoxy) is 1. The van der Waals surface area contributed by atoms with E-state index in [2.05, 4.69) is 34.4 Å². The van der Waals surface area contributed by atoms with Gasteiger partial charge in [0, 0.05) is 16.2 Å². The maximum Gasteiger partial charge on any atom is 0.338 e. The smallest absolute Gasteiger partial charge is 0.338 e. The van der Waals surface area contributed by atoms with Gasteiger partial charge < -0.3 is 9.64 Å². The second kappa shape index (κ2) is 7.98. The molecule has 0 radical (unpaired) electrons. The van der Waals surface area contributed by atoms with Crippen LogP contribution in [0.3, 0.4) is 0 Å². The molecule has 3 nitrogen and oxygen atoms in total. The van der Waals surface area contributed by atoms with Gasteiger partial charge in [-0.1, -0.05) is 6.42 Å². The van der Waals surface area contributed by atoms with E-state index in [0.29, 0.717) is 18.2 Å². The lowest BCUT2D eigenvalue weighted by Crippen LogP contribution is -2.38. The van der Waals surface area contributed by atoms with Gasteiger partial charge in [-0.2, -0.15) is 0 Å². The van der Waals surface area contributed by atoms with E-state index in [1.165, 1.54) is 25.8 Å². The SMILES string of the molecule is CC1CCCCN1CCCOC(=O)c1ccc(I)cc1. The maximum atomic E-state index is 11.8. The van der Waals surface area contributed by atoms with Crippen LogP contribution in [0.5, 0.6) is 0 Å². The molecular formula is C16H22INO2. The van der Waals surface area contributed by atoms with Crippen molar-refractivity contribution >= 4 is 28.6 Å². The van der Waals surface area contributed by atoms with Gasteiger partial charge in [0.25, 0.3) is 0 Å². The monoisotopic (exact) mass is 387 g/mol. The molecule has 1 aromatic carbocycles. The fraction of sp³-hybridized carbons (Fsp3) is 0.562. The molecule has 0 bridgehead atoms. The average Bonchev–Trinajstić information content (AvgIpc) is 2.46. The first kappa shape index (κ1) is 15.8. The van der Waals surface area contributed by atoms with Crippen LogP contribution in [0.4, 0.5) is 0 Å². The third kappa shape index (κ3) is 4.74. The minimum absolute atomic E-state index is 0.215. The lowest BCUT2D eigenvalue weighted by molar-refractivity contribution is 0.0475. The molecule has 1 heterocycles. The number of esters is 1. The molecule has 1 aromatic rings. The minimum atomic E-state index is -0.215. The number of benzene rings is 1. The molecule has 1 aliphatic rings. The second-order valence-electron chi connectivity index (χ2n) is 5.38. The zero-order chi connectivity index (χ0) is 14.4. The van der Waals surface area contributed by atoms with E-state index in [0.717, 1.165) is 16.5 Å².